The van der Waals surface area contributed by atoms with Gasteiger partial charge >= 0.3 is 0 Å². The third-order valence-corrected chi connectivity index (χ3v) is 6.62. The number of sulfonamides is 1. The second-order valence-electron chi connectivity index (χ2n) is 8.96. The molecule has 0 heterocycles. The van der Waals surface area contributed by atoms with E-state index in [2.05, 4.69) is 15.4 Å². The lowest BCUT2D eigenvalue weighted by molar-refractivity contribution is -0.117. The minimum absolute atomic E-state index is 0.0530. The van der Waals surface area contributed by atoms with Crippen molar-refractivity contribution in [2.24, 2.45) is 5.92 Å². The van der Waals surface area contributed by atoms with Crippen LogP contribution in [-0.2, 0) is 14.8 Å². The van der Waals surface area contributed by atoms with Gasteiger partial charge < -0.3 is 10.6 Å². The second-order valence-corrected chi connectivity index (χ2v) is 10.6. The summed E-state index contributed by atoms with van der Waals surface area (Å²) >= 11 is 0. The summed E-state index contributed by atoms with van der Waals surface area (Å²) in [6, 6.07) is 12.9. The van der Waals surface area contributed by atoms with E-state index in [1.165, 1.54) is 24.3 Å². The van der Waals surface area contributed by atoms with Crippen LogP contribution in [0.2, 0.25) is 0 Å². The molecule has 3 N–H and O–H groups in total. The number of amides is 2. The number of carbonyl (C=O) groups is 2. The van der Waals surface area contributed by atoms with E-state index >= 15 is 0 Å². The van der Waals surface area contributed by atoms with Gasteiger partial charge in [-0.1, -0.05) is 12.1 Å². The standard InChI is InChI=1S/C23H29N3O4S/c1-15(16-7-11-19(12-8-16)25-22(28)17-5-6-17)24-21(27)18-9-13-20(14-10-18)31(29,30)26-23(2,3)4/h7-15,17,26H,5-6H2,1-4H3,(H,24,27)(H,25,28). The number of benzene rings is 2. The zero-order valence-corrected chi connectivity index (χ0v) is 19.0. The Labute approximate surface area is 183 Å². The maximum Gasteiger partial charge on any atom is 0.251 e. The Morgan fingerprint density at radius 2 is 1.55 bits per heavy atom. The van der Waals surface area contributed by atoms with Crippen molar-refractivity contribution in [1.82, 2.24) is 10.0 Å². The summed E-state index contributed by atoms with van der Waals surface area (Å²) < 4.78 is 27.4. The van der Waals surface area contributed by atoms with Gasteiger partial charge in [0.1, 0.15) is 0 Å². The molecule has 1 unspecified atom stereocenters. The summed E-state index contributed by atoms with van der Waals surface area (Å²) in [4.78, 5) is 24.5. The van der Waals surface area contributed by atoms with Crippen molar-refractivity contribution in [3.8, 4) is 0 Å². The molecule has 0 radical (unpaired) electrons. The fourth-order valence-corrected chi connectivity index (χ4v) is 4.47. The summed E-state index contributed by atoms with van der Waals surface area (Å²) in [7, 11) is -3.65. The molecular formula is C23H29N3O4S. The van der Waals surface area contributed by atoms with Crippen molar-refractivity contribution < 1.29 is 18.0 Å². The van der Waals surface area contributed by atoms with E-state index in [1.54, 1.807) is 20.8 Å². The molecule has 2 amide bonds. The van der Waals surface area contributed by atoms with E-state index in [0.29, 0.717) is 5.56 Å². The van der Waals surface area contributed by atoms with Crippen molar-refractivity contribution in [3.05, 3.63) is 59.7 Å². The quantitative estimate of drug-likeness (QED) is 0.608. The first-order valence-electron chi connectivity index (χ1n) is 10.3. The smallest absolute Gasteiger partial charge is 0.251 e. The van der Waals surface area contributed by atoms with Crippen LogP contribution in [0.25, 0.3) is 0 Å². The molecule has 0 saturated heterocycles. The molecule has 1 atom stereocenters. The van der Waals surface area contributed by atoms with Gasteiger partial charge in [-0.2, -0.15) is 0 Å². The lowest BCUT2D eigenvalue weighted by atomic mass is 10.1. The molecule has 7 nitrogen and oxygen atoms in total. The highest BCUT2D eigenvalue weighted by molar-refractivity contribution is 7.89. The molecule has 0 aliphatic heterocycles. The number of hydrogen-bond donors (Lipinski definition) is 3. The van der Waals surface area contributed by atoms with Crippen molar-refractivity contribution in [2.75, 3.05) is 5.32 Å². The Hall–Kier alpha value is -2.71. The minimum Gasteiger partial charge on any atom is -0.346 e. The Bertz CT molecular complexity index is 1050. The largest absolute Gasteiger partial charge is 0.346 e. The molecule has 1 fully saturated rings. The van der Waals surface area contributed by atoms with Crippen LogP contribution in [-0.4, -0.2) is 25.8 Å². The normalized spacial score (nSPS) is 15.2. The van der Waals surface area contributed by atoms with Crippen LogP contribution >= 0.6 is 0 Å². The summed E-state index contributed by atoms with van der Waals surface area (Å²) in [6.07, 6.45) is 1.90. The molecule has 0 bridgehead atoms. The SMILES string of the molecule is CC(NC(=O)c1ccc(S(=O)(=O)NC(C)(C)C)cc1)c1ccc(NC(=O)C2CC2)cc1. The van der Waals surface area contributed by atoms with Gasteiger partial charge in [0, 0.05) is 22.7 Å². The lowest BCUT2D eigenvalue weighted by Crippen LogP contribution is -2.40. The van der Waals surface area contributed by atoms with Gasteiger partial charge in [0.05, 0.1) is 10.9 Å². The average Bonchev–Trinajstić information content (AvgIpc) is 3.52. The topological polar surface area (TPSA) is 104 Å². The fourth-order valence-electron chi connectivity index (χ4n) is 3.06. The Morgan fingerprint density at radius 1 is 0.968 bits per heavy atom. The van der Waals surface area contributed by atoms with Gasteiger partial charge in [-0.05, 0) is 82.5 Å². The number of anilines is 1. The molecule has 1 saturated carbocycles. The van der Waals surface area contributed by atoms with Crippen LogP contribution in [0.4, 0.5) is 5.69 Å². The first-order chi connectivity index (χ1) is 14.4. The molecule has 1 aliphatic rings. The molecule has 0 aromatic heterocycles. The minimum atomic E-state index is -3.65. The Kier molecular flexibility index (Phi) is 6.52. The zero-order chi connectivity index (χ0) is 22.8. The Morgan fingerprint density at radius 3 is 2.06 bits per heavy atom. The van der Waals surface area contributed by atoms with Crippen molar-refractivity contribution in [1.29, 1.82) is 0 Å². The van der Waals surface area contributed by atoms with Gasteiger partial charge in [-0.3, -0.25) is 9.59 Å². The lowest BCUT2D eigenvalue weighted by Gasteiger charge is -2.20. The van der Waals surface area contributed by atoms with Crippen LogP contribution in [0.1, 0.15) is 62.5 Å². The van der Waals surface area contributed by atoms with E-state index in [4.69, 9.17) is 0 Å². The molecule has 1 aliphatic carbocycles. The predicted octanol–water partition coefficient (Wildman–Crippen LogP) is 3.60. The highest BCUT2D eigenvalue weighted by Crippen LogP contribution is 2.30. The highest BCUT2D eigenvalue weighted by atomic mass is 32.2. The number of carbonyl (C=O) groups excluding carboxylic acids is 2. The van der Waals surface area contributed by atoms with Crippen LogP contribution in [0.5, 0.6) is 0 Å². The monoisotopic (exact) mass is 443 g/mol. The molecule has 2 aromatic rings. The molecule has 3 rings (SSSR count). The van der Waals surface area contributed by atoms with Crippen molar-refractivity contribution >= 4 is 27.5 Å². The van der Waals surface area contributed by atoms with Gasteiger partial charge in [0.2, 0.25) is 15.9 Å². The van der Waals surface area contributed by atoms with Crippen LogP contribution in [0.3, 0.4) is 0 Å². The average molecular weight is 444 g/mol. The third kappa shape index (κ3) is 6.38. The predicted molar refractivity (Wildman–Crippen MR) is 120 cm³/mol. The Balaban J connectivity index is 1.61. The van der Waals surface area contributed by atoms with Crippen LogP contribution < -0.4 is 15.4 Å². The van der Waals surface area contributed by atoms with Gasteiger partial charge in [-0.15, -0.1) is 0 Å². The number of hydrogen-bond acceptors (Lipinski definition) is 4. The molecule has 31 heavy (non-hydrogen) atoms. The second kappa shape index (κ2) is 8.80. The number of nitrogens with one attached hydrogen (secondary N) is 3. The molecule has 2 aromatic carbocycles. The van der Waals surface area contributed by atoms with E-state index < -0.39 is 15.6 Å². The summed E-state index contributed by atoms with van der Waals surface area (Å²) in [5.41, 5.74) is 1.40. The molecule has 8 heteroatoms. The molecular weight excluding hydrogens is 414 g/mol. The first kappa shape index (κ1) is 23.0. The van der Waals surface area contributed by atoms with Crippen molar-refractivity contribution in [2.45, 2.75) is 57.0 Å². The van der Waals surface area contributed by atoms with E-state index in [1.807, 2.05) is 31.2 Å². The van der Waals surface area contributed by atoms with Crippen LogP contribution in [0.15, 0.2) is 53.4 Å². The van der Waals surface area contributed by atoms with E-state index in [-0.39, 0.29) is 28.7 Å². The third-order valence-electron chi connectivity index (χ3n) is 4.84. The first-order valence-corrected chi connectivity index (χ1v) is 11.8. The van der Waals surface area contributed by atoms with Gasteiger partial charge in [0.25, 0.3) is 5.91 Å². The summed E-state index contributed by atoms with van der Waals surface area (Å²) in [6.45, 7) is 7.16. The van der Waals surface area contributed by atoms with E-state index in [9.17, 15) is 18.0 Å². The zero-order valence-electron chi connectivity index (χ0n) is 18.2. The molecule has 0 spiro atoms. The fraction of sp³-hybridized carbons (Fsp3) is 0.391. The summed E-state index contributed by atoms with van der Waals surface area (Å²) in [5.74, 6) is -0.105. The highest BCUT2D eigenvalue weighted by Gasteiger charge is 2.29. The van der Waals surface area contributed by atoms with Gasteiger partial charge in [0.15, 0.2) is 0 Å². The van der Waals surface area contributed by atoms with Crippen molar-refractivity contribution in [3.63, 3.8) is 0 Å². The van der Waals surface area contributed by atoms with Gasteiger partial charge in [-0.25, -0.2) is 13.1 Å². The molecule has 166 valence electrons. The van der Waals surface area contributed by atoms with Crippen LogP contribution in [0, 0.1) is 5.92 Å². The summed E-state index contributed by atoms with van der Waals surface area (Å²) in [5, 5.41) is 5.79. The maximum absolute atomic E-state index is 12.6. The number of rotatable bonds is 7. The maximum atomic E-state index is 12.6. The van der Waals surface area contributed by atoms with E-state index in [0.717, 1.165) is 24.1 Å².